The molecule has 27 heavy (non-hydrogen) atoms. The number of carbonyl (C=O) groups excluding carboxylic acids is 1. The topological polar surface area (TPSA) is 82.0 Å². The molecular weight excluding hydrogens is 334 g/mol. The lowest BCUT2D eigenvalue weighted by Gasteiger charge is -2.17. The Morgan fingerprint density at radius 3 is 2.44 bits per heavy atom. The molecule has 4 N–H and O–H groups in total. The summed E-state index contributed by atoms with van der Waals surface area (Å²) in [5.74, 6) is -0.284. The van der Waals surface area contributed by atoms with Gasteiger partial charge in [-0.05, 0) is 54.2 Å². The van der Waals surface area contributed by atoms with Crippen LogP contribution in [0.25, 0.3) is 22.0 Å². The highest BCUT2D eigenvalue weighted by Crippen LogP contribution is 2.34. The molecule has 0 aliphatic rings. The monoisotopic (exact) mass is 361 g/mol. The van der Waals surface area contributed by atoms with Crippen molar-refractivity contribution >= 4 is 16.8 Å². The number of fused-ring (bicyclic) bond motifs is 1. The molecule has 3 aromatic rings. The molecule has 4 heteroatoms. The number of aryl methyl sites for hydroxylation is 3. The van der Waals surface area contributed by atoms with Crippen molar-refractivity contribution in [1.82, 2.24) is 4.98 Å². The van der Waals surface area contributed by atoms with Crippen LogP contribution in [0.4, 0.5) is 0 Å². The van der Waals surface area contributed by atoms with E-state index in [4.69, 9.17) is 16.5 Å². The van der Waals surface area contributed by atoms with E-state index < -0.39 is 0 Å². The van der Waals surface area contributed by atoms with E-state index in [2.05, 4.69) is 44.2 Å². The predicted octanol–water partition coefficient (Wildman–Crippen LogP) is 4.04. The lowest BCUT2D eigenvalue weighted by Crippen LogP contribution is -2.11. The van der Waals surface area contributed by atoms with Gasteiger partial charge in [-0.3, -0.25) is 9.78 Å². The largest absolute Gasteiger partial charge is 0.370 e. The van der Waals surface area contributed by atoms with Crippen LogP contribution in [0.2, 0.25) is 0 Å². The highest BCUT2D eigenvalue weighted by Gasteiger charge is 2.16. The van der Waals surface area contributed by atoms with Crippen LogP contribution in [0.1, 0.15) is 42.1 Å². The Balaban J connectivity index is 2.25. The lowest BCUT2D eigenvalue weighted by atomic mass is 9.91. The molecule has 1 aromatic heterocycles. The summed E-state index contributed by atoms with van der Waals surface area (Å²) < 4.78 is 0. The second-order valence-corrected chi connectivity index (χ2v) is 7.05. The molecule has 140 valence electrons. The van der Waals surface area contributed by atoms with E-state index in [1.165, 1.54) is 5.56 Å². The molecule has 0 spiro atoms. The van der Waals surface area contributed by atoms with Crippen LogP contribution >= 0.6 is 0 Å². The number of rotatable bonds is 7. The molecule has 0 aliphatic heterocycles. The highest BCUT2D eigenvalue weighted by atomic mass is 16.1. The van der Waals surface area contributed by atoms with Crippen molar-refractivity contribution in [2.75, 3.05) is 0 Å². The summed E-state index contributed by atoms with van der Waals surface area (Å²) >= 11 is 0. The van der Waals surface area contributed by atoms with Crippen molar-refractivity contribution in [1.29, 1.82) is 0 Å². The van der Waals surface area contributed by atoms with Crippen molar-refractivity contribution in [3.63, 3.8) is 0 Å². The fourth-order valence-corrected chi connectivity index (χ4v) is 3.54. The minimum Gasteiger partial charge on any atom is -0.370 e. The van der Waals surface area contributed by atoms with Crippen LogP contribution in [0.5, 0.6) is 0 Å². The second-order valence-electron chi connectivity index (χ2n) is 7.05. The van der Waals surface area contributed by atoms with Gasteiger partial charge in [0, 0.05) is 24.0 Å². The third-order valence-electron chi connectivity index (χ3n) is 4.93. The number of amides is 1. The average Bonchev–Trinajstić information content (AvgIpc) is 2.66. The number of pyridine rings is 1. The van der Waals surface area contributed by atoms with Gasteiger partial charge in [0.05, 0.1) is 5.52 Å². The molecule has 0 bridgehead atoms. The van der Waals surface area contributed by atoms with Crippen molar-refractivity contribution in [3.05, 3.63) is 64.8 Å². The van der Waals surface area contributed by atoms with Gasteiger partial charge in [0.15, 0.2) is 0 Å². The summed E-state index contributed by atoms with van der Waals surface area (Å²) in [5, 5.41) is 1.08. The molecule has 2 aromatic carbocycles. The van der Waals surface area contributed by atoms with Gasteiger partial charge in [-0.15, -0.1) is 0 Å². The number of hydrogen-bond acceptors (Lipinski definition) is 3. The SMILES string of the molecule is CCCc1nc2ccc(CCC(N)=O)cc2c(-c2ccc(C)cc2)c1CN. The van der Waals surface area contributed by atoms with Gasteiger partial charge in [-0.25, -0.2) is 0 Å². The molecule has 0 fully saturated rings. The highest BCUT2D eigenvalue weighted by molar-refractivity contribution is 5.97. The first-order chi connectivity index (χ1) is 13.0. The third kappa shape index (κ3) is 4.17. The molecule has 4 nitrogen and oxygen atoms in total. The van der Waals surface area contributed by atoms with Crippen molar-refractivity contribution in [2.45, 2.75) is 46.1 Å². The quantitative estimate of drug-likeness (QED) is 0.666. The number of carbonyl (C=O) groups is 1. The predicted molar refractivity (Wildman–Crippen MR) is 111 cm³/mol. The van der Waals surface area contributed by atoms with Crippen LogP contribution < -0.4 is 11.5 Å². The zero-order chi connectivity index (χ0) is 19.4. The van der Waals surface area contributed by atoms with Crippen molar-refractivity contribution in [3.8, 4) is 11.1 Å². The van der Waals surface area contributed by atoms with E-state index in [9.17, 15) is 4.79 Å². The van der Waals surface area contributed by atoms with E-state index in [1.807, 2.05) is 12.1 Å². The number of primary amides is 1. The van der Waals surface area contributed by atoms with Crippen LogP contribution in [-0.2, 0) is 24.2 Å². The molecule has 0 aliphatic carbocycles. The summed E-state index contributed by atoms with van der Waals surface area (Å²) in [6.07, 6.45) is 2.91. The number of aromatic nitrogens is 1. The Bertz CT molecular complexity index is 962. The first kappa shape index (κ1) is 19.1. The minimum atomic E-state index is -0.284. The Morgan fingerprint density at radius 2 is 1.81 bits per heavy atom. The fraction of sp³-hybridized carbons (Fsp3) is 0.304. The summed E-state index contributed by atoms with van der Waals surface area (Å²) in [7, 11) is 0. The first-order valence-electron chi connectivity index (χ1n) is 9.53. The van der Waals surface area contributed by atoms with Crippen LogP contribution in [0.15, 0.2) is 42.5 Å². The Hall–Kier alpha value is -2.72. The summed E-state index contributed by atoms with van der Waals surface area (Å²) in [4.78, 5) is 16.1. The standard InChI is InChI=1S/C23H27N3O/c1-3-4-20-19(14-24)23(17-9-5-15(2)6-10-17)18-13-16(8-12-22(25)27)7-11-21(18)26-20/h5-7,9-11,13H,3-4,8,12,14,24H2,1-2H3,(H2,25,27). The van der Waals surface area contributed by atoms with Gasteiger partial charge >= 0.3 is 0 Å². The van der Waals surface area contributed by atoms with Gasteiger partial charge in [0.25, 0.3) is 0 Å². The molecule has 0 atom stereocenters. The second kappa shape index (κ2) is 8.31. The molecule has 3 rings (SSSR count). The van der Waals surface area contributed by atoms with E-state index >= 15 is 0 Å². The molecule has 0 saturated carbocycles. The summed E-state index contributed by atoms with van der Waals surface area (Å²) in [5.41, 5.74) is 19.3. The van der Waals surface area contributed by atoms with Crippen LogP contribution in [-0.4, -0.2) is 10.9 Å². The molecule has 1 amide bonds. The first-order valence-corrected chi connectivity index (χ1v) is 9.53. The van der Waals surface area contributed by atoms with E-state index in [-0.39, 0.29) is 5.91 Å². The van der Waals surface area contributed by atoms with Gasteiger partial charge in [-0.2, -0.15) is 0 Å². The number of hydrogen-bond donors (Lipinski definition) is 2. The zero-order valence-electron chi connectivity index (χ0n) is 16.1. The average molecular weight is 361 g/mol. The van der Waals surface area contributed by atoms with E-state index in [1.54, 1.807) is 0 Å². The third-order valence-corrected chi connectivity index (χ3v) is 4.93. The maximum absolute atomic E-state index is 11.2. The van der Waals surface area contributed by atoms with E-state index in [0.717, 1.165) is 51.7 Å². The number of nitrogens with two attached hydrogens (primary N) is 2. The maximum Gasteiger partial charge on any atom is 0.217 e. The number of nitrogens with zero attached hydrogens (tertiary/aromatic N) is 1. The fourth-order valence-electron chi connectivity index (χ4n) is 3.54. The van der Waals surface area contributed by atoms with Gasteiger partial charge in [0.2, 0.25) is 5.91 Å². The van der Waals surface area contributed by atoms with E-state index in [0.29, 0.717) is 19.4 Å². The van der Waals surface area contributed by atoms with Gasteiger partial charge in [0.1, 0.15) is 0 Å². The maximum atomic E-state index is 11.2. The Kier molecular flexibility index (Phi) is 5.87. The molecule has 0 unspecified atom stereocenters. The summed E-state index contributed by atoms with van der Waals surface area (Å²) in [6.45, 7) is 4.69. The van der Waals surface area contributed by atoms with Crippen LogP contribution in [0, 0.1) is 6.92 Å². The molecular formula is C23H27N3O. The molecule has 0 radical (unpaired) electrons. The smallest absolute Gasteiger partial charge is 0.217 e. The number of benzene rings is 2. The van der Waals surface area contributed by atoms with Crippen LogP contribution in [0.3, 0.4) is 0 Å². The zero-order valence-corrected chi connectivity index (χ0v) is 16.1. The molecule has 0 saturated heterocycles. The Labute approximate surface area is 160 Å². The molecule has 1 heterocycles. The minimum absolute atomic E-state index is 0.284. The van der Waals surface area contributed by atoms with Gasteiger partial charge < -0.3 is 11.5 Å². The van der Waals surface area contributed by atoms with Gasteiger partial charge in [-0.1, -0.05) is 49.2 Å². The summed E-state index contributed by atoms with van der Waals surface area (Å²) in [6, 6.07) is 14.8. The Morgan fingerprint density at radius 1 is 1.07 bits per heavy atom. The van der Waals surface area contributed by atoms with Crippen molar-refractivity contribution in [2.24, 2.45) is 11.5 Å². The normalized spacial score (nSPS) is 11.1. The van der Waals surface area contributed by atoms with Crippen molar-refractivity contribution < 1.29 is 4.79 Å². The lowest BCUT2D eigenvalue weighted by molar-refractivity contribution is -0.117.